The lowest BCUT2D eigenvalue weighted by atomic mass is 10.1. The summed E-state index contributed by atoms with van der Waals surface area (Å²) >= 11 is 0. The SMILES string of the molecule is CC1NCCC1N1CC2CCC(C1)O2. The molecule has 0 aromatic carbocycles. The van der Waals surface area contributed by atoms with Crippen molar-refractivity contribution in [1.29, 1.82) is 0 Å². The Labute approximate surface area is 85.8 Å². The second-order valence-corrected chi connectivity index (χ2v) is 5.01. The van der Waals surface area contributed by atoms with E-state index in [1.807, 2.05) is 0 Å². The molecule has 2 bridgehead atoms. The maximum Gasteiger partial charge on any atom is 0.0707 e. The van der Waals surface area contributed by atoms with Gasteiger partial charge in [0.15, 0.2) is 0 Å². The Morgan fingerprint density at radius 3 is 2.43 bits per heavy atom. The Hall–Kier alpha value is -0.120. The highest BCUT2D eigenvalue weighted by molar-refractivity contribution is 4.94. The number of likely N-dealkylation sites (tertiary alicyclic amines) is 1. The van der Waals surface area contributed by atoms with Gasteiger partial charge in [0.05, 0.1) is 12.2 Å². The summed E-state index contributed by atoms with van der Waals surface area (Å²) < 4.78 is 5.86. The first kappa shape index (κ1) is 9.13. The number of morpholine rings is 1. The lowest BCUT2D eigenvalue weighted by molar-refractivity contribution is -0.0534. The zero-order chi connectivity index (χ0) is 9.54. The maximum absolute atomic E-state index is 5.86. The predicted molar refractivity (Wildman–Crippen MR) is 55.3 cm³/mol. The van der Waals surface area contributed by atoms with Crippen molar-refractivity contribution in [2.45, 2.75) is 50.5 Å². The van der Waals surface area contributed by atoms with E-state index < -0.39 is 0 Å². The Bertz CT molecular complexity index is 209. The van der Waals surface area contributed by atoms with Crippen LogP contribution >= 0.6 is 0 Å². The summed E-state index contributed by atoms with van der Waals surface area (Å²) in [6.07, 6.45) is 4.98. The standard InChI is InChI=1S/C11H20N2O/c1-8-11(4-5-12-8)13-6-9-2-3-10(7-13)14-9/h8-12H,2-7H2,1H3. The van der Waals surface area contributed by atoms with Crippen LogP contribution in [-0.2, 0) is 4.74 Å². The Kier molecular flexibility index (Phi) is 2.26. The van der Waals surface area contributed by atoms with Gasteiger partial charge in [-0.3, -0.25) is 4.90 Å². The molecule has 0 aliphatic carbocycles. The molecule has 0 radical (unpaired) electrons. The van der Waals surface area contributed by atoms with Crippen LogP contribution in [0.2, 0.25) is 0 Å². The summed E-state index contributed by atoms with van der Waals surface area (Å²) in [7, 11) is 0. The maximum atomic E-state index is 5.86. The minimum atomic E-state index is 0.543. The fourth-order valence-corrected chi connectivity index (χ4v) is 3.26. The topological polar surface area (TPSA) is 24.5 Å². The van der Waals surface area contributed by atoms with E-state index in [1.54, 1.807) is 0 Å². The molecule has 3 fully saturated rings. The summed E-state index contributed by atoms with van der Waals surface area (Å²) in [6, 6.07) is 1.44. The number of nitrogens with one attached hydrogen (secondary N) is 1. The van der Waals surface area contributed by atoms with Crippen molar-refractivity contribution in [3.05, 3.63) is 0 Å². The number of nitrogens with zero attached hydrogens (tertiary/aromatic N) is 1. The van der Waals surface area contributed by atoms with E-state index in [4.69, 9.17) is 4.74 Å². The molecular formula is C11H20N2O. The van der Waals surface area contributed by atoms with E-state index in [0.29, 0.717) is 18.2 Å². The average Bonchev–Trinajstić information content (AvgIpc) is 2.73. The van der Waals surface area contributed by atoms with Gasteiger partial charge in [0.25, 0.3) is 0 Å². The van der Waals surface area contributed by atoms with Gasteiger partial charge in [-0.2, -0.15) is 0 Å². The minimum absolute atomic E-state index is 0.543. The monoisotopic (exact) mass is 196 g/mol. The summed E-state index contributed by atoms with van der Waals surface area (Å²) in [4.78, 5) is 2.66. The van der Waals surface area contributed by atoms with Crippen LogP contribution in [0, 0.1) is 0 Å². The summed E-state index contributed by atoms with van der Waals surface area (Å²) in [5.74, 6) is 0. The van der Waals surface area contributed by atoms with Crippen LogP contribution in [-0.4, -0.2) is 48.8 Å². The van der Waals surface area contributed by atoms with Crippen LogP contribution < -0.4 is 5.32 Å². The van der Waals surface area contributed by atoms with Crippen LogP contribution in [0.4, 0.5) is 0 Å². The second-order valence-electron chi connectivity index (χ2n) is 5.01. The fourth-order valence-electron chi connectivity index (χ4n) is 3.26. The predicted octanol–water partition coefficient (Wildman–Crippen LogP) is 0.600. The van der Waals surface area contributed by atoms with E-state index in [1.165, 1.54) is 38.9 Å². The highest BCUT2D eigenvalue weighted by atomic mass is 16.5. The number of ether oxygens (including phenoxy) is 1. The lowest BCUT2D eigenvalue weighted by Gasteiger charge is -2.37. The fraction of sp³-hybridized carbons (Fsp3) is 1.00. The largest absolute Gasteiger partial charge is 0.372 e. The van der Waals surface area contributed by atoms with E-state index in [-0.39, 0.29) is 0 Å². The van der Waals surface area contributed by atoms with Crippen molar-refractivity contribution in [2.75, 3.05) is 19.6 Å². The van der Waals surface area contributed by atoms with Crippen molar-refractivity contribution in [2.24, 2.45) is 0 Å². The van der Waals surface area contributed by atoms with Crippen molar-refractivity contribution < 1.29 is 4.74 Å². The van der Waals surface area contributed by atoms with E-state index in [2.05, 4.69) is 17.1 Å². The van der Waals surface area contributed by atoms with Crippen molar-refractivity contribution in [1.82, 2.24) is 10.2 Å². The van der Waals surface area contributed by atoms with E-state index in [9.17, 15) is 0 Å². The van der Waals surface area contributed by atoms with Gasteiger partial charge in [0, 0.05) is 25.2 Å². The van der Waals surface area contributed by atoms with Gasteiger partial charge in [0.2, 0.25) is 0 Å². The molecule has 4 unspecified atom stereocenters. The Morgan fingerprint density at radius 2 is 1.86 bits per heavy atom. The van der Waals surface area contributed by atoms with Gasteiger partial charge >= 0.3 is 0 Å². The highest BCUT2D eigenvalue weighted by Gasteiger charge is 2.38. The van der Waals surface area contributed by atoms with Crippen LogP contribution in [0.15, 0.2) is 0 Å². The first-order chi connectivity index (χ1) is 6.83. The van der Waals surface area contributed by atoms with Crippen LogP contribution in [0.1, 0.15) is 26.2 Å². The normalized spacial score (nSPS) is 48.6. The van der Waals surface area contributed by atoms with E-state index in [0.717, 1.165) is 6.04 Å². The third-order valence-corrected chi connectivity index (χ3v) is 4.02. The van der Waals surface area contributed by atoms with Gasteiger partial charge in [-0.1, -0.05) is 0 Å². The molecule has 14 heavy (non-hydrogen) atoms. The third-order valence-electron chi connectivity index (χ3n) is 4.02. The van der Waals surface area contributed by atoms with Crippen LogP contribution in [0.5, 0.6) is 0 Å². The first-order valence-corrected chi connectivity index (χ1v) is 5.96. The Balaban J connectivity index is 1.67. The number of hydrogen-bond acceptors (Lipinski definition) is 3. The van der Waals surface area contributed by atoms with Crippen molar-refractivity contribution in [3.63, 3.8) is 0 Å². The second kappa shape index (κ2) is 3.47. The molecule has 0 amide bonds. The van der Waals surface area contributed by atoms with Crippen LogP contribution in [0.3, 0.4) is 0 Å². The average molecular weight is 196 g/mol. The zero-order valence-corrected chi connectivity index (χ0v) is 8.91. The molecule has 3 aliphatic rings. The molecule has 3 nitrogen and oxygen atoms in total. The van der Waals surface area contributed by atoms with Gasteiger partial charge in [0.1, 0.15) is 0 Å². The molecule has 1 N–H and O–H groups in total. The Morgan fingerprint density at radius 1 is 1.14 bits per heavy atom. The smallest absolute Gasteiger partial charge is 0.0707 e. The highest BCUT2D eigenvalue weighted by Crippen LogP contribution is 2.29. The molecule has 3 heteroatoms. The summed E-state index contributed by atoms with van der Waals surface area (Å²) in [6.45, 7) is 5.86. The summed E-state index contributed by atoms with van der Waals surface area (Å²) in [5, 5.41) is 3.53. The van der Waals surface area contributed by atoms with E-state index >= 15 is 0 Å². The van der Waals surface area contributed by atoms with Gasteiger partial charge in [-0.15, -0.1) is 0 Å². The molecule has 0 saturated carbocycles. The molecule has 0 aromatic rings. The zero-order valence-electron chi connectivity index (χ0n) is 8.91. The molecule has 3 saturated heterocycles. The molecular weight excluding hydrogens is 176 g/mol. The molecule has 3 rings (SSSR count). The van der Waals surface area contributed by atoms with Crippen molar-refractivity contribution >= 4 is 0 Å². The molecule has 3 heterocycles. The van der Waals surface area contributed by atoms with Gasteiger partial charge in [-0.05, 0) is 32.7 Å². The molecule has 0 aromatic heterocycles. The first-order valence-electron chi connectivity index (χ1n) is 5.96. The minimum Gasteiger partial charge on any atom is -0.372 e. The third kappa shape index (κ3) is 1.47. The molecule has 4 atom stereocenters. The number of hydrogen-bond donors (Lipinski definition) is 1. The van der Waals surface area contributed by atoms with Crippen molar-refractivity contribution in [3.8, 4) is 0 Å². The lowest BCUT2D eigenvalue weighted by Crippen LogP contribution is -2.51. The molecule has 80 valence electrons. The number of fused-ring (bicyclic) bond motifs is 2. The summed E-state index contributed by atoms with van der Waals surface area (Å²) in [5.41, 5.74) is 0. The number of rotatable bonds is 1. The molecule has 3 aliphatic heterocycles. The van der Waals surface area contributed by atoms with Crippen LogP contribution in [0.25, 0.3) is 0 Å². The molecule has 0 spiro atoms. The van der Waals surface area contributed by atoms with Gasteiger partial charge < -0.3 is 10.1 Å². The quantitative estimate of drug-likeness (QED) is 0.664. The van der Waals surface area contributed by atoms with Gasteiger partial charge in [-0.25, -0.2) is 0 Å².